The minimum Gasteiger partial charge on any atom is -0.320 e. The molecule has 3 aromatic rings. The lowest BCUT2D eigenvalue weighted by atomic mass is 10.1. The molecule has 0 atom stereocenters. The van der Waals surface area contributed by atoms with E-state index in [4.69, 9.17) is 0 Å². The van der Waals surface area contributed by atoms with E-state index >= 15 is 0 Å². The van der Waals surface area contributed by atoms with Crippen molar-refractivity contribution >= 4 is 43.9 Å². The topological polar surface area (TPSA) is 108 Å². The lowest BCUT2D eigenvalue weighted by Gasteiger charge is -2.06. The summed E-state index contributed by atoms with van der Waals surface area (Å²) in [6, 6.07) is 17.2. The molecule has 0 spiro atoms. The molecule has 1 amide bonds. The summed E-state index contributed by atoms with van der Waals surface area (Å²) < 4.78 is 31.9. The van der Waals surface area contributed by atoms with Crippen molar-refractivity contribution in [2.75, 3.05) is 10.7 Å². The zero-order chi connectivity index (χ0) is 18.3. The fourth-order valence-corrected chi connectivity index (χ4v) is 3.35. The van der Waals surface area contributed by atoms with Gasteiger partial charge in [0.15, 0.2) is 5.71 Å². The molecule has 1 aliphatic rings. The number of hydrogen-bond donors (Lipinski definition) is 3. The van der Waals surface area contributed by atoms with Gasteiger partial charge in [0, 0.05) is 10.9 Å². The molecule has 0 saturated carbocycles. The van der Waals surface area contributed by atoms with Gasteiger partial charge in [0.25, 0.3) is 16.0 Å². The Bertz CT molecular complexity index is 1180. The molecular formula is C18H13N3O4S. The minimum atomic E-state index is -4.38. The van der Waals surface area contributed by atoms with Crippen molar-refractivity contribution < 1.29 is 17.8 Å². The average Bonchev–Trinajstić information content (AvgIpc) is 2.93. The summed E-state index contributed by atoms with van der Waals surface area (Å²) in [7, 11) is -4.38. The lowest BCUT2D eigenvalue weighted by molar-refractivity contribution is -0.110. The lowest BCUT2D eigenvalue weighted by Crippen LogP contribution is -2.16. The van der Waals surface area contributed by atoms with Gasteiger partial charge >= 0.3 is 0 Å². The standard InChI is InChI=1S/C18H13N3O4S/c22-18-17(14-10-12(26(23,24)25)8-9-15(14)19-18)21-20-16-7-3-5-11-4-1-2-6-13(11)16/h1-10,20H,(H,19,21,22)(H,23,24,25). The molecule has 3 aromatic carbocycles. The molecule has 4 rings (SSSR count). The van der Waals surface area contributed by atoms with Crippen LogP contribution < -0.4 is 10.7 Å². The molecule has 1 aliphatic heterocycles. The van der Waals surface area contributed by atoms with Gasteiger partial charge < -0.3 is 5.32 Å². The smallest absolute Gasteiger partial charge is 0.294 e. The van der Waals surface area contributed by atoms with Gasteiger partial charge in [0.2, 0.25) is 0 Å². The summed E-state index contributed by atoms with van der Waals surface area (Å²) in [5.41, 5.74) is 4.36. The number of amides is 1. The van der Waals surface area contributed by atoms with E-state index in [0.29, 0.717) is 16.9 Å². The number of nitrogens with one attached hydrogen (secondary N) is 2. The highest BCUT2D eigenvalue weighted by Crippen LogP contribution is 2.27. The normalized spacial score (nSPS) is 15.1. The second-order valence-corrected chi connectivity index (χ2v) is 7.16. The first-order chi connectivity index (χ1) is 12.4. The summed E-state index contributed by atoms with van der Waals surface area (Å²) in [5, 5.41) is 8.73. The van der Waals surface area contributed by atoms with Crippen molar-refractivity contribution in [2.24, 2.45) is 5.10 Å². The maximum Gasteiger partial charge on any atom is 0.294 e. The Kier molecular flexibility index (Phi) is 3.71. The summed E-state index contributed by atoms with van der Waals surface area (Å²) in [5.74, 6) is -0.458. The number of hydrogen-bond acceptors (Lipinski definition) is 5. The second kappa shape index (κ2) is 5.94. The quantitative estimate of drug-likeness (QED) is 0.487. The van der Waals surface area contributed by atoms with E-state index in [1.807, 2.05) is 42.5 Å². The Morgan fingerprint density at radius 2 is 1.77 bits per heavy atom. The number of anilines is 2. The van der Waals surface area contributed by atoms with Crippen LogP contribution in [0.25, 0.3) is 10.8 Å². The average molecular weight is 367 g/mol. The van der Waals surface area contributed by atoms with Crippen LogP contribution in [0.1, 0.15) is 5.56 Å². The van der Waals surface area contributed by atoms with Crippen molar-refractivity contribution in [3.63, 3.8) is 0 Å². The predicted octanol–water partition coefficient (Wildman–Crippen LogP) is 2.85. The maximum absolute atomic E-state index is 12.2. The number of rotatable bonds is 3. The highest BCUT2D eigenvalue weighted by molar-refractivity contribution is 7.85. The second-order valence-electron chi connectivity index (χ2n) is 5.74. The van der Waals surface area contributed by atoms with Gasteiger partial charge in [0.05, 0.1) is 16.3 Å². The van der Waals surface area contributed by atoms with E-state index in [-0.39, 0.29) is 10.6 Å². The summed E-state index contributed by atoms with van der Waals surface area (Å²) in [6.07, 6.45) is 0. The number of fused-ring (bicyclic) bond motifs is 2. The van der Waals surface area contributed by atoms with Crippen LogP contribution in [0, 0.1) is 0 Å². The van der Waals surface area contributed by atoms with Crippen molar-refractivity contribution in [3.05, 3.63) is 66.2 Å². The van der Waals surface area contributed by atoms with E-state index in [2.05, 4.69) is 15.8 Å². The van der Waals surface area contributed by atoms with E-state index in [0.717, 1.165) is 10.8 Å². The van der Waals surface area contributed by atoms with E-state index in [1.54, 1.807) is 0 Å². The van der Waals surface area contributed by atoms with Crippen LogP contribution in [0.4, 0.5) is 11.4 Å². The van der Waals surface area contributed by atoms with Crippen molar-refractivity contribution in [1.82, 2.24) is 0 Å². The predicted molar refractivity (Wildman–Crippen MR) is 99.0 cm³/mol. The number of benzene rings is 3. The van der Waals surface area contributed by atoms with Crippen molar-refractivity contribution in [3.8, 4) is 0 Å². The third kappa shape index (κ3) is 2.81. The molecule has 0 unspecified atom stereocenters. The Morgan fingerprint density at radius 3 is 2.58 bits per heavy atom. The van der Waals surface area contributed by atoms with Gasteiger partial charge in [-0.15, -0.1) is 0 Å². The summed E-state index contributed by atoms with van der Waals surface area (Å²) in [6.45, 7) is 0. The van der Waals surface area contributed by atoms with Crippen molar-refractivity contribution in [2.45, 2.75) is 4.90 Å². The van der Waals surface area contributed by atoms with Gasteiger partial charge in [-0.1, -0.05) is 36.4 Å². The molecule has 3 N–H and O–H groups in total. The molecule has 7 nitrogen and oxygen atoms in total. The fraction of sp³-hybridized carbons (Fsp3) is 0. The molecule has 0 radical (unpaired) electrons. The molecule has 130 valence electrons. The number of carbonyl (C=O) groups excluding carboxylic acids is 1. The van der Waals surface area contributed by atoms with Gasteiger partial charge in [-0.3, -0.25) is 14.8 Å². The van der Waals surface area contributed by atoms with Gasteiger partial charge in [0.1, 0.15) is 0 Å². The summed E-state index contributed by atoms with van der Waals surface area (Å²) in [4.78, 5) is 11.9. The Labute approximate surface area is 149 Å². The molecule has 1 heterocycles. The Balaban J connectivity index is 1.76. The van der Waals surface area contributed by atoms with Crippen LogP contribution >= 0.6 is 0 Å². The van der Waals surface area contributed by atoms with Crippen LogP contribution in [0.3, 0.4) is 0 Å². The fourth-order valence-electron chi connectivity index (χ4n) is 2.84. The first kappa shape index (κ1) is 16.2. The summed E-state index contributed by atoms with van der Waals surface area (Å²) >= 11 is 0. The maximum atomic E-state index is 12.2. The zero-order valence-corrected chi connectivity index (χ0v) is 14.1. The zero-order valence-electron chi connectivity index (χ0n) is 13.3. The Hall–Kier alpha value is -3.23. The molecule has 8 heteroatoms. The third-order valence-corrected chi connectivity index (χ3v) is 4.93. The molecule has 0 aliphatic carbocycles. The monoisotopic (exact) mass is 367 g/mol. The highest BCUT2D eigenvalue weighted by atomic mass is 32.2. The van der Waals surface area contributed by atoms with Crippen LogP contribution in [-0.4, -0.2) is 24.6 Å². The van der Waals surface area contributed by atoms with Gasteiger partial charge in [-0.2, -0.15) is 13.5 Å². The Morgan fingerprint density at radius 1 is 1.00 bits per heavy atom. The van der Waals surface area contributed by atoms with Crippen LogP contribution in [0.15, 0.2) is 70.7 Å². The molecule has 0 saturated heterocycles. The van der Waals surface area contributed by atoms with Crippen LogP contribution in [0.5, 0.6) is 0 Å². The highest BCUT2D eigenvalue weighted by Gasteiger charge is 2.28. The first-order valence-electron chi connectivity index (χ1n) is 7.68. The molecule has 0 bridgehead atoms. The minimum absolute atomic E-state index is 0.0402. The van der Waals surface area contributed by atoms with Gasteiger partial charge in [-0.25, -0.2) is 0 Å². The SMILES string of the molecule is O=C1Nc2ccc(S(=O)(=O)O)cc2/C1=N/Nc1cccc2ccccc12. The molecule has 0 fully saturated rings. The molecular weight excluding hydrogens is 354 g/mol. The van der Waals surface area contributed by atoms with Crippen LogP contribution in [-0.2, 0) is 14.9 Å². The number of hydrazone groups is 1. The molecule has 26 heavy (non-hydrogen) atoms. The first-order valence-corrected chi connectivity index (χ1v) is 9.12. The molecule has 0 aromatic heterocycles. The van der Waals surface area contributed by atoms with E-state index in [1.165, 1.54) is 18.2 Å². The van der Waals surface area contributed by atoms with Crippen LogP contribution in [0.2, 0.25) is 0 Å². The number of nitrogens with zero attached hydrogens (tertiary/aromatic N) is 1. The third-order valence-electron chi connectivity index (χ3n) is 4.09. The van der Waals surface area contributed by atoms with E-state index in [9.17, 15) is 17.8 Å². The van der Waals surface area contributed by atoms with E-state index < -0.39 is 16.0 Å². The van der Waals surface area contributed by atoms with Gasteiger partial charge in [-0.05, 0) is 29.7 Å². The van der Waals surface area contributed by atoms with Crippen molar-refractivity contribution in [1.29, 1.82) is 0 Å². The largest absolute Gasteiger partial charge is 0.320 e. The number of carbonyl (C=O) groups is 1.